The quantitative estimate of drug-likeness (QED) is 0.559. The Hall–Kier alpha value is -3.72. The van der Waals surface area contributed by atoms with E-state index in [2.05, 4.69) is 4.98 Å². The number of pyridine rings is 1. The number of rotatable bonds is 7. The van der Waals surface area contributed by atoms with Gasteiger partial charge in [0.05, 0.1) is 40.6 Å². The number of fused-ring (bicyclic) bond motifs is 1. The van der Waals surface area contributed by atoms with Gasteiger partial charge in [0.25, 0.3) is 0 Å². The maximum atomic E-state index is 11.4. The highest BCUT2D eigenvalue weighted by Crippen LogP contribution is 2.44. The minimum absolute atomic E-state index is 0.0573. The maximum absolute atomic E-state index is 11.4. The van der Waals surface area contributed by atoms with Crippen LogP contribution >= 0.6 is 0 Å². The zero-order valence-corrected chi connectivity index (χ0v) is 16.9. The van der Waals surface area contributed by atoms with Crippen LogP contribution in [0, 0.1) is 0 Å². The van der Waals surface area contributed by atoms with E-state index in [0.717, 1.165) is 0 Å². The fourth-order valence-corrected chi connectivity index (χ4v) is 3.21. The number of hydrogen-bond donors (Lipinski definition) is 2. The highest BCUT2D eigenvalue weighted by Gasteiger charge is 2.23. The molecule has 0 bridgehead atoms. The Labute approximate surface area is 172 Å². The van der Waals surface area contributed by atoms with Gasteiger partial charge in [-0.1, -0.05) is 6.07 Å². The van der Waals surface area contributed by atoms with Crippen LogP contribution in [0.5, 0.6) is 28.7 Å². The lowest BCUT2D eigenvalue weighted by molar-refractivity contribution is 0.143. The molecule has 0 aliphatic carbocycles. The lowest BCUT2D eigenvalue weighted by Crippen LogP contribution is -2.09. The van der Waals surface area contributed by atoms with Gasteiger partial charge in [-0.3, -0.25) is 0 Å². The summed E-state index contributed by atoms with van der Waals surface area (Å²) in [7, 11) is 5.99. The van der Waals surface area contributed by atoms with Gasteiger partial charge in [-0.15, -0.1) is 0 Å². The number of aromatic nitrogens is 1. The Bertz CT molecular complexity index is 1100. The Morgan fingerprint density at radius 3 is 2.07 bits per heavy atom. The van der Waals surface area contributed by atoms with Crippen molar-refractivity contribution in [2.45, 2.75) is 6.61 Å². The molecule has 0 atom stereocenters. The first kappa shape index (κ1) is 21.0. The smallest absolute Gasteiger partial charge is 0.493 e. The molecule has 2 N–H and O–H groups in total. The van der Waals surface area contributed by atoms with E-state index in [1.165, 1.54) is 28.4 Å². The van der Waals surface area contributed by atoms with Crippen LogP contribution in [-0.4, -0.2) is 49.8 Å². The molecule has 0 fully saturated rings. The SMILES string of the molecule is COc1ccc(-c2c(OC(=O)O)c(CO)nc3cc(OC)c(OC)cc23)cc1OC. The number of hydrogen-bond acceptors (Lipinski definition) is 8. The van der Waals surface area contributed by atoms with Crippen molar-refractivity contribution in [1.82, 2.24) is 4.98 Å². The van der Waals surface area contributed by atoms with E-state index in [1.807, 2.05) is 0 Å². The largest absolute Gasteiger partial charge is 0.511 e. The van der Waals surface area contributed by atoms with Crippen LogP contribution in [0.25, 0.3) is 22.0 Å². The second kappa shape index (κ2) is 8.75. The standard InChI is InChI=1S/C21H21NO8/c1-26-15-6-5-11(7-16(15)27-2)19-12-8-17(28-3)18(29-4)9-13(12)22-14(10-23)20(19)30-21(24)25/h5-9,23H,10H2,1-4H3,(H,24,25). The molecule has 0 spiro atoms. The molecule has 158 valence electrons. The molecule has 0 radical (unpaired) electrons. The summed E-state index contributed by atoms with van der Waals surface area (Å²) in [5, 5.41) is 19.6. The first-order chi connectivity index (χ1) is 14.5. The van der Waals surface area contributed by atoms with Crippen molar-refractivity contribution in [3.8, 4) is 39.9 Å². The van der Waals surface area contributed by atoms with Crippen molar-refractivity contribution in [2.75, 3.05) is 28.4 Å². The second-order valence-corrected chi connectivity index (χ2v) is 6.08. The molecule has 0 amide bonds. The minimum atomic E-state index is -1.53. The van der Waals surface area contributed by atoms with Gasteiger partial charge in [-0.25, -0.2) is 9.78 Å². The highest BCUT2D eigenvalue weighted by atomic mass is 16.7. The summed E-state index contributed by atoms with van der Waals surface area (Å²) in [5.41, 5.74) is 1.48. The molecular formula is C21H21NO8. The van der Waals surface area contributed by atoms with Gasteiger partial charge in [0, 0.05) is 17.0 Å². The van der Waals surface area contributed by atoms with E-state index in [4.69, 9.17) is 23.7 Å². The first-order valence-corrected chi connectivity index (χ1v) is 8.80. The third-order valence-corrected chi connectivity index (χ3v) is 4.53. The Balaban J connectivity index is 2.44. The third kappa shape index (κ3) is 3.74. The van der Waals surface area contributed by atoms with E-state index < -0.39 is 12.8 Å². The summed E-state index contributed by atoms with van der Waals surface area (Å²) >= 11 is 0. The zero-order valence-electron chi connectivity index (χ0n) is 16.9. The average molecular weight is 415 g/mol. The van der Waals surface area contributed by atoms with Crippen molar-refractivity contribution in [1.29, 1.82) is 0 Å². The molecule has 0 saturated carbocycles. The number of carbonyl (C=O) groups is 1. The van der Waals surface area contributed by atoms with Crippen LogP contribution in [0.3, 0.4) is 0 Å². The number of aliphatic hydroxyl groups excluding tert-OH is 1. The van der Waals surface area contributed by atoms with E-state index in [9.17, 15) is 15.0 Å². The van der Waals surface area contributed by atoms with Crippen molar-refractivity contribution in [2.24, 2.45) is 0 Å². The molecule has 1 heterocycles. The molecule has 3 aromatic rings. The van der Waals surface area contributed by atoms with Crippen LogP contribution in [0.15, 0.2) is 30.3 Å². The molecule has 0 aliphatic rings. The molecule has 30 heavy (non-hydrogen) atoms. The number of nitrogens with zero attached hydrogens (tertiary/aromatic N) is 1. The molecule has 0 saturated heterocycles. The third-order valence-electron chi connectivity index (χ3n) is 4.53. The summed E-state index contributed by atoms with van der Waals surface area (Å²) in [6.07, 6.45) is -1.53. The van der Waals surface area contributed by atoms with Crippen LogP contribution in [0.1, 0.15) is 5.69 Å². The predicted octanol–water partition coefficient (Wildman–Crippen LogP) is 3.49. The lowest BCUT2D eigenvalue weighted by atomic mass is 9.97. The minimum Gasteiger partial charge on any atom is -0.493 e. The van der Waals surface area contributed by atoms with E-state index in [0.29, 0.717) is 45.0 Å². The van der Waals surface area contributed by atoms with E-state index in [-0.39, 0.29) is 11.4 Å². The van der Waals surface area contributed by atoms with Gasteiger partial charge in [0.2, 0.25) is 0 Å². The molecule has 1 aromatic heterocycles. The fourth-order valence-electron chi connectivity index (χ4n) is 3.21. The van der Waals surface area contributed by atoms with Gasteiger partial charge in [-0.2, -0.15) is 0 Å². The normalized spacial score (nSPS) is 10.6. The van der Waals surface area contributed by atoms with E-state index in [1.54, 1.807) is 30.3 Å². The number of aliphatic hydroxyl groups is 1. The van der Waals surface area contributed by atoms with Gasteiger partial charge in [0.15, 0.2) is 28.7 Å². The number of benzene rings is 2. The molecule has 2 aromatic carbocycles. The predicted molar refractivity (Wildman–Crippen MR) is 108 cm³/mol. The number of carboxylic acid groups (broad SMARTS) is 1. The van der Waals surface area contributed by atoms with Crippen molar-refractivity contribution >= 4 is 17.1 Å². The maximum Gasteiger partial charge on any atom is 0.511 e. The van der Waals surface area contributed by atoms with Crippen molar-refractivity contribution < 1.29 is 38.7 Å². The summed E-state index contributed by atoms with van der Waals surface area (Å²) in [5.74, 6) is 1.71. The average Bonchev–Trinajstić information content (AvgIpc) is 2.76. The Morgan fingerprint density at radius 1 is 0.900 bits per heavy atom. The van der Waals surface area contributed by atoms with Crippen LogP contribution < -0.4 is 23.7 Å². The van der Waals surface area contributed by atoms with Gasteiger partial charge >= 0.3 is 6.16 Å². The fraction of sp³-hybridized carbons (Fsp3) is 0.238. The van der Waals surface area contributed by atoms with Crippen molar-refractivity contribution in [3.63, 3.8) is 0 Å². The molecule has 0 aliphatic heterocycles. The van der Waals surface area contributed by atoms with Gasteiger partial charge in [-0.05, 0) is 23.8 Å². The monoisotopic (exact) mass is 415 g/mol. The van der Waals surface area contributed by atoms with Gasteiger partial charge in [0.1, 0.15) is 5.69 Å². The highest BCUT2D eigenvalue weighted by molar-refractivity contribution is 6.00. The Morgan fingerprint density at radius 2 is 1.50 bits per heavy atom. The number of ether oxygens (including phenoxy) is 5. The van der Waals surface area contributed by atoms with Gasteiger partial charge < -0.3 is 33.9 Å². The second-order valence-electron chi connectivity index (χ2n) is 6.08. The van der Waals surface area contributed by atoms with Crippen LogP contribution in [-0.2, 0) is 6.61 Å². The first-order valence-electron chi connectivity index (χ1n) is 8.80. The zero-order chi connectivity index (χ0) is 21.8. The summed E-state index contributed by atoms with van der Waals surface area (Å²) < 4.78 is 26.4. The molecule has 3 rings (SSSR count). The summed E-state index contributed by atoms with van der Waals surface area (Å²) in [6, 6.07) is 8.40. The Kier molecular flexibility index (Phi) is 6.12. The molecule has 9 nitrogen and oxygen atoms in total. The van der Waals surface area contributed by atoms with Crippen LogP contribution in [0.4, 0.5) is 4.79 Å². The topological polar surface area (TPSA) is 117 Å². The molecular weight excluding hydrogens is 394 g/mol. The molecule has 0 unspecified atom stereocenters. The van der Waals surface area contributed by atoms with Crippen LogP contribution in [0.2, 0.25) is 0 Å². The lowest BCUT2D eigenvalue weighted by Gasteiger charge is -2.18. The van der Waals surface area contributed by atoms with E-state index >= 15 is 0 Å². The summed E-state index contributed by atoms with van der Waals surface area (Å²) in [4.78, 5) is 15.7. The summed E-state index contributed by atoms with van der Waals surface area (Å²) in [6.45, 7) is -0.535. The number of methoxy groups -OCH3 is 4. The molecule has 9 heteroatoms. The van der Waals surface area contributed by atoms with Crippen molar-refractivity contribution in [3.05, 3.63) is 36.0 Å².